The first kappa shape index (κ1) is 23.8. The van der Waals surface area contributed by atoms with Crippen molar-refractivity contribution in [1.29, 1.82) is 0 Å². The molecular formula is C16H18ClNaO4S2. The Morgan fingerprint density at radius 1 is 0.958 bits per heavy atom. The van der Waals surface area contributed by atoms with Crippen LogP contribution in [0, 0.1) is 13.8 Å². The monoisotopic (exact) mass is 396 g/mol. The number of alkyl halides is 1. The van der Waals surface area contributed by atoms with Crippen LogP contribution in [-0.4, -0.2) is 28.8 Å². The van der Waals surface area contributed by atoms with Gasteiger partial charge in [-0.3, -0.25) is 4.21 Å². The number of hydrogen-bond donors (Lipinski definition) is 0. The molecule has 4 nitrogen and oxygen atoms in total. The first-order valence-corrected chi connectivity index (χ1v) is 10.0. The molecule has 2 aromatic rings. The zero-order valence-electron chi connectivity index (χ0n) is 13.9. The Morgan fingerprint density at radius 3 is 1.75 bits per heavy atom. The van der Waals surface area contributed by atoms with E-state index in [9.17, 15) is 17.2 Å². The van der Waals surface area contributed by atoms with Crippen LogP contribution < -0.4 is 29.6 Å². The Labute approximate surface area is 173 Å². The molecule has 1 atom stereocenters. The minimum absolute atomic E-state index is 0. The van der Waals surface area contributed by atoms with E-state index in [1.807, 2.05) is 13.8 Å². The van der Waals surface area contributed by atoms with Gasteiger partial charge in [-0.1, -0.05) is 35.4 Å². The van der Waals surface area contributed by atoms with Gasteiger partial charge in [-0.2, -0.15) is 0 Å². The van der Waals surface area contributed by atoms with Crippen LogP contribution >= 0.6 is 11.6 Å². The second kappa shape index (κ2) is 11.4. The summed E-state index contributed by atoms with van der Waals surface area (Å²) in [6.07, 6.45) is 0. The zero-order chi connectivity index (χ0) is 17.5. The predicted octanol–water partition coefficient (Wildman–Crippen LogP) is 0.245. The predicted molar refractivity (Wildman–Crippen MR) is 92.3 cm³/mol. The van der Waals surface area contributed by atoms with E-state index in [-0.39, 0.29) is 41.2 Å². The van der Waals surface area contributed by atoms with Gasteiger partial charge in [0.05, 0.1) is 10.6 Å². The minimum atomic E-state index is -3.16. The summed E-state index contributed by atoms with van der Waals surface area (Å²) in [7, 11) is -3.16. The van der Waals surface area contributed by atoms with Crippen molar-refractivity contribution in [3.8, 4) is 0 Å². The maximum atomic E-state index is 11.5. The molecule has 0 aliphatic rings. The molecule has 126 valence electrons. The van der Waals surface area contributed by atoms with Gasteiger partial charge in [0.15, 0.2) is 9.84 Å². The van der Waals surface area contributed by atoms with Gasteiger partial charge in [-0.15, -0.1) is 11.6 Å². The Bertz CT molecular complexity index is 745. The van der Waals surface area contributed by atoms with E-state index in [1.165, 1.54) is 0 Å². The van der Waals surface area contributed by atoms with E-state index in [0.717, 1.165) is 11.1 Å². The van der Waals surface area contributed by atoms with E-state index in [4.69, 9.17) is 11.6 Å². The maximum absolute atomic E-state index is 11.5. The molecule has 0 bridgehead atoms. The molecule has 0 radical (unpaired) electrons. The average Bonchev–Trinajstić information content (AvgIpc) is 2.48. The van der Waals surface area contributed by atoms with Crippen LogP contribution in [0.3, 0.4) is 0 Å². The van der Waals surface area contributed by atoms with Crippen LogP contribution in [0.25, 0.3) is 0 Å². The molecule has 0 saturated heterocycles. The van der Waals surface area contributed by atoms with Crippen molar-refractivity contribution in [2.24, 2.45) is 0 Å². The summed E-state index contributed by atoms with van der Waals surface area (Å²) in [5.41, 5.74) is 2.11. The number of aryl methyl sites for hydroxylation is 2. The van der Waals surface area contributed by atoms with Gasteiger partial charge in [0, 0.05) is 10.8 Å². The van der Waals surface area contributed by atoms with Crippen LogP contribution in [0.1, 0.15) is 11.1 Å². The molecule has 2 aromatic carbocycles. The summed E-state index contributed by atoms with van der Waals surface area (Å²) in [5.74, 6) is 0.133. The summed E-state index contributed by atoms with van der Waals surface area (Å²) in [6, 6.07) is 13.5. The smallest absolute Gasteiger partial charge is 0.768 e. The number of sulfone groups is 1. The molecule has 8 heteroatoms. The van der Waals surface area contributed by atoms with Crippen molar-refractivity contribution in [2.45, 2.75) is 23.6 Å². The van der Waals surface area contributed by atoms with Gasteiger partial charge < -0.3 is 4.55 Å². The van der Waals surface area contributed by atoms with E-state index >= 15 is 0 Å². The van der Waals surface area contributed by atoms with Crippen molar-refractivity contribution in [2.75, 3.05) is 11.6 Å². The second-order valence-corrected chi connectivity index (χ2v) is 8.30. The quantitative estimate of drug-likeness (QED) is 0.421. The Hall–Kier alpha value is -0.210. The van der Waals surface area contributed by atoms with Gasteiger partial charge in [0.2, 0.25) is 0 Å². The fourth-order valence-electron chi connectivity index (χ4n) is 1.61. The summed E-state index contributed by atoms with van der Waals surface area (Å²) < 4.78 is 43.5. The molecule has 0 aliphatic heterocycles. The number of halogens is 1. The fourth-order valence-corrected chi connectivity index (χ4v) is 3.57. The third-order valence-electron chi connectivity index (χ3n) is 2.94. The second-order valence-electron chi connectivity index (χ2n) is 4.87. The number of rotatable bonds is 4. The first-order valence-electron chi connectivity index (χ1n) is 6.77. The fraction of sp³-hybridized carbons (Fsp3) is 0.250. The van der Waals surface area contributed by atoms with Crippen molar-refractivity contribution >= 4 is 32.5 Å². The molecule has 0 aromatic heterocycles. The maximum Gasteiger partial charge on any atom is 1.00 e. The molecule has 0 fully saturated rings. The molecule has 0 N–H and O–H groups in total. The molecular weight excluding hydrogens is 379 g/mol. The largest absolute Gasteiger partial charge is 1.00 e. The topological polar surface area (TPSA) is 74.3 Å². The molecule has 24 heavy (non-hydrogen) atoms. The van der Waals surface area contributed by atoms with Crippen molar-refractivity contribution in [1.82, 2.24) is 0 Å². The molecule has 2 rings (SSSR count). The zero-order valence-corrected chi connectivity index (χ0v) is 18.2. The summed E-state index contributed by atoms with van der Waals surface area (Å²) >= 11 is 3.30. The molecule has 0 amide bonds. The van der Waals surface area contributed by atoms with E-state index in [0.29, 0.717) is 9.79 Å². The van der Waals surface area contributed by atoms with Gasteiger partial charge in [-0.25, -0.2) is 8.42 Å². The van der Waals surface area contributed by atoms with Gasteiger partial charge in [-0.05, 0) is 49.2 Å². The first-order chi connectivity index (χ1) is 10.8. The standard InChI is InChI=1S/C9H11ClO2S.C7H8O2S.Na/c1-8-2-4-9(5-3-8)13(11,12)7-6-10;1-6-2-4-7(5-3-6)10(8)9;/h2-5H,6-7H2,1H3;2-5H,1H3,(H,8,9);/q;;+1/p-1. The number of benzene rings is 2. The molecule has 0 heterocycles. The van der Waals surface area contributed by atoms with Crippen LogP contribution in [0.2, 0.25) is 0 Å². The SMILES string of the molecule is Cc1ccc(S(=O)(=O)CCCl)cc1.Cc1ccc(S(=O)[O-])cc1.[Na+]. The van der Waals surface area contributed by atoms with E-state index in [2.05, 4.69) is 0 Å². The molecule has 0 spiro atoms. The van der Waals surface area contributed by atoms with Crippen LogP contribution in [0.15, 0.2) is 58.3 Å². The van der Waals surface area contributed by atoms with Gasteiger partial charge in [0.25, 0.3) is 0 Å². The Kier molecular flexibility index (Phi) is 11.3. The van der Waals surface area contributed by atoms with Crippen LogP contribution in [-0.2, 0) is 20.9 Å². The van der Waals surface area contributed by atoms with Gasteiger partial charge >= 0.3 is 29.6 Å². The Balaban J connectivity index is 0.000000436. The Morgan fingerprint density at radius 2 is 1.38 bits per heavy atom. The van der Waals surface area contributed by atoms with Crippen molar-refractivity contribution < 1.29 is 46.7 Å². The average molecular weight is 397 g/mol. The van der Waals surface area contributed by atoms with E-state index in [1.54, 1.807) is 48.5 Å². The van der Waals surface area contributed by atoms with Gasteiger partial charge in [0.1, 0.15) is 0 Å². The normalized spacial score (nSPS) is 11.7. The summed E-state index contributed by atoms with van der Waals surface area (Å²) in [5, 5.41) is 0. The van der Waals surface area contributed by atoms with Crippen molar-refractivity contribution in [3.63, 3.8) is 0 Å². The van der Waals surface area contributed by atoms with Crippen LogP contribution in [0.4, 0.5) is 0 Å². The molecule has 0 saturated carbocycles. The molecule has 1 unspecified atom stereocenters. The third-order valence-corrected chi connectivity index (χ3v) is 5.74. The summed E-state index contributed by atoms with van der Waals surface area (Å²) in [6.45, 7) is 3.83. The number of hydrogen-bond acceptors (Lipinski definition) is 4. The third kappa shape index (κ3) is 8.25. The van der Waals surface area contributed by atoms with Crippen molar-refractivity contribution in [3.05, 3.63) is 59.7 Å². The van der Waals surface area contributed by atoms with E-state index < -0.39 is 20.9 Å². The minimum Gasteiger partial charge on any atom is -0.768 e. The molecule has 0 aliphatic carbocycles. The summed E-state index contributed by atoms with van der Waals surface area (Å²) in [4.78, 5) is 0.685. The van der Waals surface area contributed by atoms with Crippen LogP contribution in [0.5, 0.6) is 0 Å².